The summed E-state index contributed by atoms with van der Waals surface area (Å²) >= 11 is 0. The van der Waals surface area contributed by atoms with Gasteiger partial charge in [-0.25, -0.2) is 0 Å². The summed E-state index contributed by atoms with van der Waals surface area (Å²) in [5.41, 5.74) is 1.76. The van der Waals surface area contributed by atoms with Gasteiger partial charge in [-0.2, -0.15) is 0 Å². The van der Waals surface area contributed by atoms with E-state index in [1.54, 1.807) is 0 Å². The van der Waals surface area contributed by atoms with Crippen molar-refractivity contribution >= 4 is 0 Å². The Balaban J connectivity index is 1.64. The summed E-state index contributed by atoms with van der Waals surface area (Å²) in [4.78, 5) is 0.673. The van der Waals surface area contributed by atoms with Crippen molar-refractivity contribution in [3.8, 4) is 0 Å². The smallest absolute Gasteiger partial charge is 0.221 e. The molecule has 4 heteroatoms. The maximum absolute atomic E-state index is 11.8. The average molecular weight is 278 g/mol. The zero-order valence-corrected chi connectivity index (χ0v) is 12.4. The topological polar surface area (TPSA) is 53.0 Å². The minimum Gasteiger partial charge on any atom is -0.359 e. The molecule has 0 aromatic carbocycles. The van der Waals surface area contributed by atoms with Crippen LogP contribution in [0.15, 0.2) is 4.63 Å². The Morgan fingerprint density at radius 2 is 1.45 bits per heavy atom. The Kier molecular flexibility index (Phi) is 4.58. The van der Waals surface area contributed by atoms with Crippen molar-refractivity contribution in [2.45, 2.75) is 77.0 Å². The van der Waals surface area contributed by atoms with Crippen LogP contribution in [0.4, 0.5) is 0 Å². The number of rotatable bonds is 4. The molecule has 20 heavy (non-hydrogen) atoms. The molecule has 0 N–H and O–H groups in total. The van der Waals surface area contributed by atoms with E-state index in [9.17, 15) is 5.21 Å². The number of aromatic nitrogens is 2. The Morgan fingerprint density at radius 3 is 2.05 bits per heavy atom. The van der Waals surface area contributed by atoms with Gasteiger partial charge in [0.05, 0.1) is 0 Å². The fraction of sp³-hybridized carbons (Fsp3) is 0.875. The molecule has 4 nitrogen and oxygen atoms in total. The van der Waals surface area contributed by atoms with E-state index in [0.717, 1.165) is 24.2 Å². The van der Waals surface area contributed by atoms with Crippen LogP contribution in [0.3, 0.4) is 0 Å². The van der Waals surface area contributed by atoms with Gasteiger partial charge in [0.1, 0.15) is 0 Å². The lowest BCUT2D eigenvalue weighted by Crippen LogP contribution is -2.31. The quantitative estimate of drug-likeness (QED) is 0.791. The highest BCUT2D eigenvalue weighted by Crippen LogP contribution is 2.29. The van der Waals surface area contributed by atoms with Gasteiger partial charge in [0.25, 0.3) is 0 Å². The van der Waals surface area contributed by atoms with Gasteiger partial charge < -0.3 is 5.21 Å². The van der Waals surface area contributed by atoms with Gasteiger partial charge in [-0.15, -0.1) is 0 Å². The third kappa shape index (κ3) is 3.33. The fourth-order valence-corrected chi connectivity index (χ4v) is 3.97. The highest BCUT2D eigenvalue weighted by atomic mass is 16.8. The van der Waals surface area contributed by atoms with Gasteiger partial charge in [0.2, 0.25) is 5.69 Å². The Hall–Kier alpha value is -1.06. The number of hydrogen-bond acceptors (Lipinski definition) is 3. The predicted molar refractivity (Wildman–Crippen MR) is 76.0 cm³/mol. The van der Waals surface area contributed by atoms with Gasteiger partial charge in [0.15, 0.2) is 5.69 Å². The van der Waals surface area contributed by atoms with E-state index in [-0.39, 0.29) is 0 Å². The maximum Gasteiger partial charge on any atom is 0.221 e. The third-order valence-corrected chi connectivity index (χ3v) is 5.19. The van der Waals surface area contributed by atoms with Crippen molar-refractivity contribution in [3.63, 3.8) is 0 Å². The SMILES string of the molecule is [O-][n+]1onc(CC2CCCCC2)c1CC1CCCCC1. The van der Waals surface area contributed by atoms with Crippen LogP contribution in [0, 0.1) is 17.0 Å². The van der Waals surface area contributed by atoms with Crippen LogP contribution in [0.25, 0.3) is 0 Å². The van der Waals surface area contributed by atoms with E-state index in [4.69, 9.17) is 4.63 Å². The van der Waals surface area contributed by atoms with Crippen molar-refractivity contribution in [2.24, 2.45) is 11.8 Å². The molecule has 2 aliphatic carbocycles. The molecule has 0 spiro atoms. The first-order valence-corrected chi connectivity index (χ1v) is 8.40. The van der Waals surface area contributed by atoms with E-state index in [1.807, 2.05) is 0 Å². The maximum atomic E-state index is 11.8. The largest absolute Gasteiger partial charge is 0.359 e. The molecule has 112 valence electrons. The Bertz CT molecular complexity index is 418. The van der Waals surface area contributed by atoms with Crippen molar-refractivity contribution in [1.29, 1.82) is 0 Å². The summed E-state index contributed by atoms with van der Waals surface area (Å²) in [6.45, 7) is 0. The molecule has 2 fully saturated rings. The molecular formula is C16H26N2O2. The first-order valence-electron chi connectivity index (χ1n) is 8.40. The summed E-state index contributed by atoms with van der Waals surface area (Å²) in [7, 11) is 0. The second-order valence-electron chi connectivity index (χ2n) is 6.74. The first kappa shape index (κ1) is 13.9. The van der Waals surface area contributed by atoms with Crippen LogP contribution in [0.2, 0.25) is 0 Å². The van der Waals surface area contributed by atoms with E-state index >= 15 is 0 Å². The van der Waals surface area contributed by atoms with E-state index in [1.165, 1.54) is 64.2 Å². The number of nitrogens with zero attached hydrogens (tertiary/aromatic N) is 2. The van der Waals surface area contributed by atoms with Gasteiger partial charge in [-0.1, -0.05) is 38.5 Å². The standard InChI is InChI=1S/C16H26N2O2/c19-18-16(12-14-9-5-2-6-10-14)15(17-20-18)11-13-7-3-1-4-8-13/h13-14H,1-12H2. The van der Waals surface area contributed by atoms with Crippen molar-refractivity contribution in [1.82, 2.24) is 5.16 Å². The summed E-state index contributed by atoms with van der Waals surface area (Å²) in [5, 5.41) is 15.9. The van der Waals surface area contributed by atoms with Gasteiger partial charge in [-0.05, 0) is 42.4 Å². The Morgan fingerprint density at radius 1 is 0.900 bits per heavy atom. The van der Waals surface area contributed by atoms with Crippen molar-refractivity contribution in [3.05, 3.63) is 16.6 Å². The van der Waals surface area contributed by atoms with Crippen LogP contribution in [-0.4, -0.2) is 5.16 Å². The lowest BCUT2D eigenvalue weighted by Gasteiger charge is -2.21. The molecule has 3 rings (SSSR count). The van der Waals surface area contributed by atoms with Gasteiger partial charge >= 0.3 is 0 Å². The monoisotopic (exact) mass is 278 g/mol. The van der Waals surface area contributed by atoms with Crippen molar-refractivity contribution in [2.75, 3.05) is 0 Å². The lowest BCUT2D eigenvalue weighted by molar-refractivity contribution is -0.808. The third-order valence-electron chi connectivity index (χ3n) is 5.19. The molecule has 0 saturated heterocycles. The molecule has 1 aromatic rings. The van der Waals surface area contributed by atoms with Crippen LogP contribution >= 0.6 is 0 Å². The molecule has 0 radical (unpaired) electrons. The molecule has 1 aromatic heterocycles. The lowest BCUT2D eigenvalue weighted by atomic mass is 9.83. The molecule has 0 unspecified atom stereocenters. The number of hydrogen-bond donors (Lipinski definition) is 0. The van der Waals surface area contributed by atoms with Gasteiger partial charge in [-0.3, -0.25) is 4.63 Å². The Labute approximate surface area is 121 Å². The molecule has 1 heterocycles. The zero-order valence-electron chi connectivity index (χ0n) is 12.4. The fourth-order valence-electron chi connectivity index (χ4n) is 3.97. The van der Waals surface area contributed by atoms with E-state index in [2.05, 4.69) is 5.16 Å². The van der Waals surface area contributed by atoms with Crippen LogP contribution in [0.5, 0.6) is 0 Å². The van der Waals surface area contributed by atoms with Crippen LogP contribution in [0.1, 0.15) is 75.6 Å². The first-order chi connectivity index (χ1) is 9.83. The highest BCUT2D eigenvalue weighted by Gasteiger charge is 2.27. The summed E-state index contributed by atoms with van der Waals surface area (Å²) in [6.07, 6.45) is 14.9. The zero-order chi connectivity index (χ0) is 13.8. The summed E-state index contributed by atoms with van der Waals surface area (Å²) in [5.74, 6) is 1.37. The molecule has 0 atom stereocenters. The molecule has 2 saturated carbocycles. The predicted octanol–water partition coefficient (Wildman–Crippen LogP) is 3.55. The normalized spacial score (nSPS) is 22.2. The van der Waals surface area contributed by atoms with E-state index < -0.39 is 0 Å². The molecule has 0 bridgehead atoms. The van der Waals surface area contributed by atoms with Crippen LogP contribution < -0.4 is 4.90 Å². The summed E-state index contributed by atoms with van der Waals surface area (Å²) in [6, 6.07) is 0. The van der Waals surface area contributed by atoms with E-state index in [0.29, 0.717) is 16.7 Å². The molecular weight excluding hydrogens is 252 g/mol. The average Bonchev–Trinajstić information content (AvgIpc) is 2.83. The summed E-state index contributed by atoms with van der Waals surface area (Å²) < 4.78 is 4.89. The van der Waals surface area contributed by atoms with Crippen molar-refractivity contribution < 1.29 is 9.53 Å². The second kappa shape index (κ2) is 6.59. The highest BCUT2D eigenvalue weighted by molar-refractivity contribution is 5.06. The second-order valence-corrected chi connectivity index (χ2v) is 6.74. The molecule has 2 aliphatic rings. The molecule has 0 aliphatic heterocycles. The molecule has 0 amide bonds. The minimum absolute atomic E-state index is 0.661. The van der Waals surface area contributed by atoms with Gasteiger partial charge in [0, 0.05) is 18.0 Å². The van der Waals surface area contributed by atoms with Crippen LogP contribution in [-0.2, 0) is 12.8 Å². The minimum atomic E-state index is 0.661.